The lowest BCUT2D eigenvalue weighted by Gasteiger charge is -2.05. The Kier molecular flexibility index (Phi) is 3.86. The average molecular weight is 466 g/mol. The van der Waals surface area contributed by atoms with Crippen molar-refractivity contribution < 1.29 is 4.42 Å². The van der Waals surface area contributed by atoms with Crippen LogP contribution in [0.15, 0.2) is 69.6 Å². The van der Waals surface area contributed by atoms with E-state index in [9.17, 15) is 0 Å². The molecule has 0 spiro atoms. The minimum atomic E-state index is 0.704. The predicted molar refractivity (Wildman–Crippen MR) is 130 cm³/mol. The Labute approximate surface area is 185 Å². The molecule has 0 saturated carbocycles. The van der Waals surface area contributed by atoms with Gasteiger partial charge in [0, 0.05) is 21.2 Å². The van der Waals surface area contributed by atoms with Crippen LogP contribution in [0.1, 0.15) is 6.92 Å². The first kappa shape index (κ1) is 18.1. The fourth-order valence-electron chi connectivity index (χ4n) is 4.37. The minimum Gasteiger partial charge on any atom is -0.455 e. The van der Waals surface area contributed by atoms with Crippen molar-refractivity contribution in [1.82, 2.24) is 14.0 Å². The molecule has 0 unspecified atom stereocenters. The topological polar surface area (TPSA) is 35.4 Å². The van der Waals surface area contributed by atoms with E-state index in [4.69, 9.17) is 15.8 Å². The number of halogens is 1. The highest BCUT2D eigenvalue weighted by Gasteiger charge is 2.18. The van der Waals surface area contributed by atoms with Crippen LogP contribution >= 0.6 is 15.9 Å². The Morgan fingerprint density at radius 2 is 1.90 bits per heavy atom. The summed E-state index contributed by atoms with van der Waals surface area (Å²) >= 11 is 3.63. The van der Waals surface area contributed by atoms with Gasteiger partial charge < -0.3 is 4.42 Å². The molecule has 0 saturated heterocycles. The van der Waals surface area contributed by atoms with Gasteiger partial charge in [0.05, 0.1) is 27.8 Å². The summed E-state index contributed by atoms with van der Waals surface area (Å²) < 4.78 is 11.4. The van der Waals surface area contributed by atoms with Crippen LogP contribution in [0.5, 0.6) is 0 Å². The molecule has 3 aromatic carbocycles. The highest BCUT2D eigenvalue weighted by molar-refractivity contribution is 9.10. The molecule has 0 fully saturated rings. The second kappa shape index (κ2) is 6.63. The summed E-state index contributed by atoms with van der Waals surface area (Å²) in [5.41, 5.74) is 6.74. The van der Waals surface area contributed by atoms with Gasteiger partial charge in [-0.2, -0.15) is 0 Å². The Morgan fingerprint density at radius 1 is 1.03 bits per heavy atom. The highest BCUT2D eigenvalue weighted by atomic mass is 79.9. The van der Waals surface area contributed by atoms with E-state index in [0.29, 0.717) is 5.42 Å². The maximum Gasteiger partial charge on any atom is 0.220 e. The molecule has 0 aliphatic carbocycles. The minimum absolute atomic E-state index is 0.704. The molecule has 0 aliphatic rings. The lowest BCUT2D eigenvalue weighted by molar-refractivity contribution is 0.576. The number of rotatable bonds is 1. The van der Waals surface area contributed by atoms with Gasteiger partial charge in [-0.1, -0.05) is 40.1 Å². The highest BCUT2D eigenvalue weighted by Crippen LogP contribution is 2.31. The molecule has 5 heteroatoms. The molecular formula is C26H16BrN3O. The van der Waals surface area contributed by atoms with E-state index in [1.165, 1.54) is 0 Å². The monoisotopic (exact) mass is 465 g/mol. The first-order valence-corrected chi connectivity index (χ1v) is 10.7. The van der Waals surface area contributed by atoms with Gasteiger partial charge in [0.1, 0.15) is 11.0 Å². The predicted octanol–water partition coefficient (Wildman–Crippen LogP) is 5.15. The molecule has 31 heavy (non-hydrogen) atoms. The van der Waals surface area contributed by atoms with Crippen molar-refractivity contribution in [2.45, 2.75) is 6.92 Å². The van der Waals surface area contributed by atoms with Gasteiger partial charge >= 0.3 is 0 Å². The number of aromatic nitrogens is 3. The summed E-state index contributed by atoms with van der Waals surface area (Å²) in [6, 6.07) is 20.7. The van der Waals surface area contributed by atoms with Crippen LogP contribution in [-0.2, 0) is 0 Å². The number of imidazole rings is 2. The molecule has 0 radical (unpaired) electrons. The number of fused-ring (bicyclic) bond motifs is 6. The van der Waals surface area contributed by atoms with Crippen molar-refractivity contribution in [3.05, 3.63) is 75.8 Å². The summed E-state index contributed by atoms with van der Waals surface area (Å²) in [5, 5.41) is 2.02. The molecular weight excluding hydrogens is 450 g/mol. The van der Waals surface area contributed by atoms with E-state index in [1.807, 2.05) is 37.3 Å². The summed E-state index contributed by atoms with van der Waals surface area (Å²) in [6.07, 6.45) is 9.18. The van der Waals surface area contributed by atoms with Crippen LogP contribution in [0.25, 0.3) is 56.7 Å². The van der Waals surface area contributed by atoms with Crippen LogP contribution in [0.3, 0.4) is 0 Å². The van der Waals surface area contributed by atoms with Gasteiger partial charge in [-0.3, -0.25) is 8.97 Å². The zero-order valence-corrected chi connectivity index (χ0v) is 18.2. The summed E-state index contributed by atoms with van der Waals surface area (Å²) in [5.74, 6) is 3.44. The molecule has 4 nitrogen and oxygen atoms in total. The average Bonchev–Trinajstić information content (AvgIpc) is 3.41. The third kappa shape index (κ3) is 2.52. The number of furan rings is 1. The standard InChI is InChI=1S/C26H16BrN3O/c1-3-7-24-18(4-2)19-15-17(11-13-25(19)31-24)29-22-12-10-16(27)14-23(22)30-21-9-6-5-8-20(21)28-26(29)30/h1,4-15H,2H3/b18-4-,24-7+. The molecule has 3 aromatic heterocycles. The van der Waals surface area contributed by atoms with Crippen molar-refractivity contribution in [3.8, 4) is 18.0 Å². The second-order valence-electron chi connectivity index (χ2n) is 7.36. The Morgan fingerprint density at radius 3 is 2.74 bits per heavy atom. The lowest BCUT2D eigenvalue weighted by Crippen LogP contribution is -2.19. The van der Waals surface area contributed by atoms with Crippen molar-refractivity contribution in [2.75, 3.05) is 0 Å². The molecule has 148 valence electrons. The van der Waals surface area contributed by atoms with Gasteiger partial charge in [0.15, 0.2) is 0 Å². The van der Waals surface area contributed by atoms with Gasteiger partial charge in [0.2, 0.25) is 5.78 Å². The SMILES string of the molecule is C#C/C=c1/oc2ccc(-n3c4ccc(Br)cc4n4c5ccccc5nc34)cc2/c1=C/C. The van der Waals surface area contributed by atoms with Gasteiger partial charge in [-0.15, -0.1) is 6.42 Å². The van der Waals surface area contributed by atoms with Gasteiger partial charge in [0.25, 0.3) is 0 Å². The van der Waals surface area contributed by atoms with E-state index in [0.717, 1.165) is 54.2 Å². The number of para-hydroxylation sites is 2. The van der Waals surface area contributed by atoms with Crippen molar-refractivity contribution >= 4 is 66.9 Å². The van der Waals surface area contributed by atoms with Crippen LogP contribution in [0, 0.1) is 12.3 Å². The zero-order chi connectivity index (χ0) is 21.1. The summed E-state index contributed by atoms with van der Waals surface area (Å²) in [4.78, 5) is 4.96. The van der Waals surface area contributed by atoms with Crippen molar-refractivity contribution in [1.29, 1.82) is 0 Å². The third-order valence-electron chi connectivity index (χ3n) is 5.66. The van der Waals surface area contributed by atoms with E-state index < -0.39 is 0 Å². The zero-order valence-electron chi connectivity index (χ0n) is 16.6. The smallest absolute Gasteiger partial charge is 0.220 e. The van der Waals surface area contributed by atoms with E-state index in [2.05, 4.69) is 67.2 Å². The molecule has 0 amide bonds. The maximum absolute atomic E-state index is 5.98. The molecule has 0 N–H and O–H groups in total. The first-order valence-electron chi connectivity index (χ1n) is 9.92. The second-order valence-corrected chi connectivity index (χ2v) is 8.28. The van der Waals surface area contributed by atoms with Crippen molar-refractivity contribution in [2.24, 2.45) is 0 Å². The van der Waals surface area contributed by atoms with Crippen LogP contribution in [-0.4, -0.2) is 14.0 Å². The van der Waals surface area contributed by atoms with Crippen molar-refractivity contribution in [3.63, 3.8) is 0 Å². The Balaban J connectivity index is 1.78. The van der Waals surface area contributed by atoms with Gasteiger partial charge in [-0.25, -0.2) is 4.98 Å². The van der Waals surface area contributed by atoms with Crippen LogP contribution in [0.2, 0.25) is 0 Å². The van der Waals surface area contributed by atoms with Crippen LogP contribution in [0.4, 0.5) is 0 Å². The Hall–Kier alpha value is -3.75. The first-order chi connectivity index (χ1) is 15.2. The molecule has 3 heterocycles. The van der Waals surface area contributed by atoms with Gasteiger partial charge in [-0.05, 0) is 55.5 Å². The Bertz CT molecular complexity index is 1830. The van der Waals surface area contributed by atoms with Crippen LogP contribution < -0.4 is 10.6 Å². The molecule has 6 rings (SSSR count). The molecule has 6 aromatic rings. The molecule has 0 aliphatic heterocycles. The van der Waals surface area contributed by atoms with E-state index in [1.54, 1.807) is 6.08 Å². The number of benzene rings is 3. The molecule has 0 atom stereocenters. The number of hydrogen-bond acceptors (Lipinski definition) is 2. The summed E-state index contributed by atoms with van der Waals surface area (Å²) in [6.45, 7) is 1.99. The number of nitrogens with zero attached hydrogens (tertiary/aromatic N) is 3. The van der Waals surface area contributed by atoms with E-state index >= 15 is 0 Å². The fraction of sp³-hybridized carbons (Fsp3) is 0.0385. The number of terminal acetylenes is 1. The third-order valence-corrected chi connectivity index (χ3v) is 6.16. The van der Waals surface area contributed by atoms with E-state index in [-0.39, 0.29) is 0 Å². The maximum atomic E-state index is 5.98. The lowest BCUT2D eigenvalue weighted by atomic mass is 10.2. The largest absolute Gasteiger partial charge is 0.455 e. The summed E-state index contributed by atoms with van der Waals surface area (Å²) in [7, 11) is 0. The normalized spacial score (nSPS) is 13.2. The quantitative estimate of drug-likeness (QED) is 0.314. The molecule has 0 bridgehead atoms. The number of hydrogen-bond donors (Lipinski definition) is 0. The fourth-order valence-corrected chi connectivity index (χ4v) is 4.72.